The molecule has 3 heterocycles. The maximum Gasteiger partial charge on any atom is 0.311 e. The van der Waals surface area contributed by atoms with Crippen LogP contribution in [0.4, 0.5) is 5.95 Å². The molecule has 0 radical (unpaired) electrons. The van der Waals surface area contributed by atoms with Gasteiger partial charge in [0.05, 0.1) is 10.9 Å². The molecule has 2 aromatic heterocycles. The lowest BCUT2D eigenvalue weighted by atomic mass is 10.1. The number of rotatable bonds is 4. The van der Waals surface area contributed by atoms with Gasteiger partial charge >= 0.3 is 16.8 Å². The van der Waals surface area contributed by atoms with Crippen LogP contribution in [-0.2, 0) is 23.8 Å². The van der Waals surface area contributed by atoms with Gasteiger partial charge in [-0.3, -0.25) is 19.0 Å². The first-order chi connectivity index (χ1) is 12.3. The monoisotopic (exact) mass is 384 g/mol. The number of aliphatic hydroxyl groups is 1. The molecule has 26 heavy (non-hydrogen) atoms. The number of nitrogens with zero attached hydrogens (tertiary/aromatic N) is 3. The summed E-state index contributed by atoms with van der Waals surface area (Å²) in [5.41, 5.74) is 5.76. The number of anilines is 1. The third-order valence-corrected chi connectivity index (χ3v) is 4.57. The van der Waals surface area contributed by atoms with Gasteiger partial charge in [-0.1, -0.05) is 11.3 Å². The summed E-state index contributed by atoms with van der Waals surface area (Å²) in [6.07, 6.45) is -3.27. The van der Waals surface area contributed by atoms with Gasteiger partial charge in [0.25, 0.3) is 0 Å². The SMILES string of the molecule is CC(=O)OC[C@H]1O[C@@H](n2c(=O)sc3cnc(N)nc32)[C@H](O)[C@@H]1OC(C)=O. The number of fused-ring (bicyclic) bond motifs is 1. The lowest BCUT2D eigenvalue weighted by Crippen LogP contribution is -2.38. The second-order valence-corrected chi connectivity index (χ2v) is 6.58. The Bertz CT molecular complexity index is 910. The number of hydrogen-bond donors (Lipinski definition) is 2. The highest BCUT2D eigenvalue weighted by Crippen LogP contribution is 2.33. The van der Waals surface area contributed by atoms with Crippen molar-refractivity contribution in [3.05, 3.63) is 15.9 Å². The minimum atomic E-state index is -1.38. The average molecular weight is 384 g/mol. The van der Waals surface area contributed by atoms with E-state index in [-0.39, 0.29) is 18.2 Å². The van der Waals surface area contributed by atoms with Crippen molar-refractivity contribution in [1.82, 2.24) is 14.5 Å². The number of hydrogen-bond acceptors (Lipinski definition) is 11. The van der Waals surface area contributed by atoms with Crippen molar-refractivity contribution in [2.24, 2.45) is 0 Å². The van der Waals surface area contributed by atoms with E-state index in [1.807, 2.05) is 0 Å². The number of aromatic nitrogens is 3. The van der Waals surface area contributed by atoms with E-state index in [0.717, 1.165) is 15.9 Å². The van der Waals surface area contributed by atoms with Gasteiger partial charge in [0.2, 0.25) is 5.95 Å². The Hall–Kier alpha value is -2.57. The van der Waals surface area contributed by atoms with Gasteiger partial charge in [-0.25, -0.2) is 4.98 Å². The minimum Gasteiger partial charge on any atom is -0.463 e. The van der Waals surface area contributed by atoms with Crippen LogP contribution < -0.4 is 10.6 Å². The highest BCUT2D eigenvalue weighted by atomic mass is 32.1. The minimum absolute atomic E-state index is 0.0514. The Labute approximate surface area is 150 Å². The van der Waals surface area contributed by atoms with Gasteiger partial charge in [0.1, 0.15) is 18.8 Å². The van der Waals surface area contributed by atoms with Crippen molar-refractivity contribution in [1.29, 1.82) is 0 Å². The van der Waals surface area contributed by atoms with E-state index in [9.17, 15) is 19.5 Å². The molecule has 0 saturated carbocycles. The lowest BCUT2D eigenvalue weighted by molar-refractivity contribution is -0.157. The molecule has 1 aliphatic heterocycles. The van der Waals surface area contributed by atoms with E-state index in [2.05, 4.69) is 9.97 Å². The predicted molar refractivity (Wildman–Crippen MR) is 88.2 cm³/mol. The first-order valence-electron chi connectivity index (χ1n) is 7.55. The zero-order chi connectivity index (χ0) is 19.0. The van der Waals surface area contributed by atoms with Crippen LogP contribution in [0.5, 0.6) is 0 Å². The fourth-order valence-corrected chi connectivity index (χ4v) is 3.49. The van der Waals surface area contributed by atoms with Gasteiger partial charge in [-0.15, -0.1) is 0 Å². The van der Waals surface area contributed by atoms with Crippen molar-refractivity contribution in [3.63, 3.8) is 0 Å². The fraction of sp³-hybridized carbons (Fsp3) is 0.500. The molecule has 0 aliphatic carbocycles. The molecule has 3 rings (SSSR count). The summed E-state index contributed by atoms with van der Waals surface area (Å²) in [6, 6.07) is 0. The number of esters is 2. The quantitative estimate of drug-likeness (QED) is 0.639. The van der Waals surface area contributed by atoms with Crippen molar-refractivity contribution >= 4 is 39.6 Å². The number of carbonyl (C=O) groups excluding carboxylic acids is 2. The van der Waals surface area contributed by atoms with Crippen LogP contribution in [0.1, 0.15) is 20.1 Å². The molecule has 0 amide bonds. The van der Waals surface area contributed by atoms with E-state index in [4.69, 9.17) is 19.9 Å². The van der Waals surface area contributed by atoms with E-state index < -0.39 is 41.4 Å². The van der Waals surface area contributed by atoms with Crippen molar-refractivity contribution < 1.29 is 28.9 Å². The molecule has 3 N–H and O–H groups in total. The molecule has 1 saturated heterocycles. The van der Waals surface area contributed by atoms with Crippen LogP contribution in [0.25, 0.3) is 10.3 Å². The smallest absolute Gasteiger partial charge is 0.311 e. The highest BCUT2D eigenvalue weighted by molar-refractivity contribution is 7.16. The van der Waals surface area contributed by atoms with Crippen LogP contribution >= 0.6 is 11.3 Å². The fourth-order valence-electron chi connectivity index (χ4n) is 2.68. The molecule has 0 aromatic carbocycles. The van der Waals surface area contributed by atoms with E-state index in [0.29, 0.717) is 4.70 Å². The Morgan fingerprint density at radius 3 is 2.81 bits per heavy atom. The molecule has 0 unspecified atom stereocenters. The number of nitrogens with two attached hydrogens (primary N) is 1. The summed E-state index contributed by atoms with van der Waals surface area (Å²) in [4.78, 5) is 42.2. The molecule has 0 bridgehead atoms. The Kier molecular flexibility index (Phi) is 4.89. The normalized spacial score (nSPS) is 25.3. The van der Waals surface area contributed by atoms with Crippen LogP contribution in [0.2, 0.25) is 0 Å². The van der Waals surface area contributed by atoms with Gasteiger partial charge in [-0.2, -0.15) is 4.98 Å². The maximum absolute atomic E-state index is 12.4. The molecular formula is C14H16N4O7S. The molecule has 0 spiro atoms. The third kappa shape index (κ3) is 3.38. The van der Waals surface area contributed by atoms with E-state index >= 15 is 0 Å². The number of ether oxygens (including phenoxy) is 3. The van der Waals surface area contributed by atoms with Crippen LogP contribution in [0.3, 0.4) is 0 Å². The summed E-state index contributed by atoms with van der Waals surface area (Å²) in [5, 5.41) is 10.6. The zero-order valence-corrected chi connectivity index (χ0v) is 14.6. The number of aliphatic hydroxyl groups excluding tert-OH is 1. The zero-order valence-electron chi connectivity index (χ0n) is 13.8. The molecule has 11 nitrogen and oxygen atoms in total. The Morgan fingerprint density at radius 1 is 1.42 bits per heavy atom. The first kappa shape index (κ1) is 18.2. The van der Waals surface area contributed by atoms with Crippen LogP contribution in [-0.4, -0.2) is 56.5 Å². The summed E-state index contributed by atoms with van der Waals surface area (Å²) in [6.45, 7) is 2.12. The third-order valence-electron chi connectivity index (χ3n) is 3.69. The topological polar surface area (TPSA) is 156 Å². The summed E-state index contributed by atoms with van der Waals surface area (Å²) >= 11 is 0.854. The van der Waals surface area contributed by atoms with Crippen LogP contribution in [0.15, 0.2) is 11.0 Å². The Balaban J connectivity index is 1.98. The van der Waals surface area contributed by atoms with Gasteiger partial charge in [-0.05, 0) is 0 Å². The highest BCUT2D eigenvalue weighted by Gasteiger charge is 2.48. The van der Waals surface area contributed by atoms with Gasteiger partial charge in [0, 0.05) is 13.8 Å². The number of carbonyl (C=O) groups is 2. The van der Waals surface area contributed by atoms with Crippen molar-refractivity contribution in [2.45, 2.75) is 38.4 Å². The van der Waals surface area contributed by atoms with Crippen LogP contribution in [0, 0.1) is 0 Å². The first-order valence-corrected chi connectivity index (χ1v) is 8.37. The lowest BCUT2D eigenvalue weighted by Gasteiger charge is -2.19. The summed E-state index contributed by atoms with van der Waals surface area (Å²) in [7, 11) is 0. The second kappa shape index (κ2) is 6.97. The number of nitrogen functional groups attached to an aromatic ring is 1. The van der Waals surface area contributed by atoms with Crippen molar-refractivity contribution in [3.8, 4) is 0 Å². The summed E-state index contributed by atoms with van der Waals surface area (Å²) < 4.78 is 17.2. The molecule has 2 aromatic rings. The molecule has 4 atom stereocenters. The summed E-state index contributed by atoms with van der Waals surface area (Å²) in [5.74, 6) is -1.27. The van der Waals surface area contributed by atoms with Gasteiger partial charge in [0.15, 0.2) is 18.0 Å². The average Bonchev–Trinajstić information content (AvgIpc) is 3.02. The number of thiazole rings is 1. The van der Waals surface area contributed by atoms with E-state index in [1.165, 1.54) is 20.0 Å². The molecule has 12 heteroatoms. The predicted octanol–water partition coefficient (Wildman–Crippen LogP) is -0.812. The largest absolute Gasteiger partial charge is 0.463 e. The standard InChI is InChI=1S/C14H16N4O7S/c1-5(19)23-4-7-10(24-6(2)20)9(21)12(25-7)18-11-8(26-14(18)22)3-16-13(15)17-11/h3,7,9-10,12,21H,4H2,1-2H3,(H2,15,16,17)/t7-,9-,10-,12-/m1/s1. The van der Waals surface area contributed by atoms with E-state index in [1.54, 1.807) is 0 Å². The van der Waals surface area contributed by atoms with Gasteiger partial charge < -0.3 is 25.1 Å². The molecule has 1 aliphatic rings. The molecule has 140 valence electrons. The second-order valence-electron chi connectivity index (χ2n) is 5.59. The Morgan fingerprint density at radius 2 is 2.15 bits per heavy atom. The molecule has 1 fully saturated rings. The molecular weight excluding hydrogens is 368 g/mol. The maximum atomic E-state index is 12.4. The van der Waals surface area contributed by atoms with Crippen molar-refractivity contribution in [2.75, 3.05) is 12.3 Å².